The number of urea groups is 1. The Hall–Kier alpha value is -2.12. The van der Waals surface area contributed by atoms with Crippen molar-refractivity contribution < 1.29 is 19.8 Å². The second-order valence-electron chi connectivity index (χ2n) is 10.7. The highest BCUT2D eigenvalue weighted by molar-refractivity contribution is 5.94. The van der Waals surface area contributed by atoms with Gasteiger partial charge in [0.05, 0.1) is 5.60 Å². The number of fused-ring (bicyclic) bond motifs is 1. The number of nitrogens with two attached hydrogens (primary N) is 1. The first-order chi connectivity index (χ1) is 15.7. The maximum Gasteiger partial charge on any atom is 0.318 e. The third-order valence-corrected chi connectivity index (χ3v) is 8.93. The number of aliphatic hydroxyl groups is 1. The topological polar surface area (TPSA) is 116 Å². The summed E-state index contributed by atoms with van der Waals surface area (Å²) in [6, 6.07) is 4.38. The van der Waals surface area contributed by atoms with Gasteiger partial charge in [-0.1, -0.05) is 25.3 Å². The molecule has 1 aromatic rings. The molecule has 0 radical (unpaired) electrons. The zero-order valence-corrected chi connectivity index (χ0v) is 20.0. The number of phenols is 1. The average Bonchev–Trinajstić information content (AvgIpc) is 2.78. The van der Waals surface area contributed by atoms with Crippen molar-refractivity contribution in [3.63, 3.8) is 0 Å². The lowest BCUT2D eigenvalue weighted by Crippen LogP contribution is -2.70. The first-order valence-corrected chi connectivity index (χ1v) is 12.5. The fourth-order valence-electron chi connectivity index (χ4n) is 7.09. The van der Waals surface area contributed by atoms with Crippen LogP contribution in [0.25, 0.3) is 0 Å². The summed E-state index contributed by atoms with van der Waals surface area (Å²) in [5.41, 5.74) is 5.39. The number of phenolic OH excluding ortho intramolecular Hbond substituents is 1. The maximum atomic E-state index is 12.8. The molecule has 0 spiro atoms. The van der Waals surface area contributed by atoms with Crippen LogP contribution in [-0.4, -0.2) is 51.8 Å². The summed E-state index contributed by atoms with van der Waals surface area (Å²) in [7, 11) is 0. The van der Waals surface area contributed by atoms with E-state index in [1.165, 1.54) is 32.1 Å². The lowest BCUT2D eigenvalue weighted by molar-refractivity contribution is -0.168. The normalized spacial score (nSPS) is 33.3. The van der Waals surface area contributed by atoms with E-state index in [2.05, 4.69) is 17.1 Å². The predicted octanol–water partition coefficient (Wildman–Crippen LogP) is 3.34. The van der Waals surface area contributed by atoms with Gasteiger partial charge < -0.3 is 15.9 Å². The van der Waals surface area contributed by atoms with Gasteiger partial charge in [0.2, 0.25) is 5.91 Å². The standard InChI is InChI=1S/C26H39N3O4/c1-17-8-9-21(30)14-22(17)25-12-13-29(16-19-6-4-3-5-7-19)18(2)26(25,33)11-10-20(15-25)23(31)28-24(27)32/h8-9,14,18-20,30,33H,3-7,10-13,15-16H2,1-2H3,(H3,27,28,31,32). The zero-order chi connectivity index (χ0) is 23.8. The first-order valence-electron chi connectivity index (χ1n) is 12.5. The predicted molar refractivity (Wildman–Crippen MR) is 127 cm³/mol. The van der Waals surface area contributed by atoms with Crippen LogP contribution in [0.4, 0.5) is 4.79 Å². The Labute approximate surface area is 196 Å². The highest BCUT2D eigenvalue weighted by atomic mass is 16.3. The highest BCUT2D eigenvalue weighted by Gasteiger charge is 2.61. The van der Waals surface area contributed by atoms with E-state index in [0.717, 1.165) is 24.2 Å². The number of hydrogen-bond acceptors (Lipinski definition) is 5. The van der Waals surface area contributed by atoms with Gasteiger partial charge in [-0.25, -0.2) is 4.79 Å². The van der Waals surface area contributed by atoms with Crippen LogP contribution in [0.2, 0.25) is 0 Å². The molecule has 2 aliphatic carbocycles. The van der Waals surface area contributed by atoms with Gasteiger partial charge in [0.25, 0.3) is 0 Å². The molecule has 4 rings (SSSR count). The lowest BCUT2D eigenvalue weighted by atomic mass is 9.51. The molecule has 5 N–H and O–H groups in total. The molecule has 182 valence electrons. The number of carbonyl (C=O) groups excluding carboxylic acids is 2. The molecule has 33 heavy (non-hydrogen) atoms. The summed E-state index contributed by atoms with van der Waals surface area (Å²) in [5.74, 6) is 0.0430. The largest absolute Gasteiger partial charge is 0.508 e. The number of primary amides is 1. The van der Waals surface area contributed by atoms with Crippen molar-refractivity contribution >= 4 is 11.9 Å². The van der Waals surface area contributed by atoms with Crippen molar-refractivity contribution in [3.8, 4) is 5.75 Å². The summed E-state index contributed by atoms with van der Waals surface area (Å²) < 4.78 is 0. The molecule has 3 fully saturated rings. The molecule has 3 aliphatic rings. The van der Waals surface area contributed by atoms with Gasteiger partial charge in [0.15, 0.2) is 0 Å². The van der Waals surface area contributed by atoms with Crippen molar-refractivity contribution in [2.24, 2.45) is 17.6 Å². The van der Waals surface area contributed by atoms with Crippen LogP contribution in [0.3, 0.4) is 0 Å². The highest BCUT2D eigenvalue weighted by Crippen LogP contribution is 2.56. The molecule has 0 bridgehead atoms. The number of likely N-dealkylation sites (tertiary alicyclic amines) is 1. The number of aryl methyl sites for hydroxylation is 1. The molecule has 1 aliphatic heterocycles. The summed E-state index contributed by atoms with van der Waals surface area (Å²) in [6.07, 6.45) is 8.50. The number of benzene rings is 1. The van der Waals surface area contributed by atoms with Gasteiger partial charge in [0.1, 0.15) is 5.75 Å². The molecule has 0 aromatic heterocycles. The molecule has 4 unspecified atom stereocenters. The third kappa shape index (κ3) is 4.37. The van der Waals surface area contributed by atoms with Crippen LogP contribution in [0, 0.1) is 18.8 Å². The second kappa shape index (κ2) is 9.26. The third-order valence-electron chi connectivity index (χ3n) is 8.93. The van der Waals surface area contributed by atoms with Crippen LogP contribution < -0.4 is 11.1 Å². The van der Waals surface area contributed by atoms with Gasteiger partial charge in [-0.05, 0) is 88.1 Å². The van der Waals surface area contributed by atoms with Gasteiger partial charge in [0, 0.05) is 23.9 Å². The van der Waals surface area contributed by atoms with E-state index in [0.29, 0.717) is 31.6 Å². The molecule has 4 atom stereocenters. The van der Waals surface area contributed by atoms with E-state index >= 15 is 0 Å². The van der Waals surface area contributed by atoms with Gasteiger partial charge in [-0.3, -0.25) is 15.0 Å². The van der Waals surface area contributed by atoms with Crippen LogP contribution in [0.5, 0.6) is 5.75 Å². The lowest BCUT2D eigenvalue weighted by Gasteiger charge is -2.61. The number of imide groups is 1. The summed E-state index contributed by atoms with van der Waals surface area (Å²) >= 11 is 0. The second-order valence-corrected chi connectivity index (χ2v) is 10.7. The Morgan fingerprint density at radius 1 is 1.18 bits per heavy atom. The Kier molecular flexibility index (Phi) is 6.74. The van der Waals surface area contributed by atoms with Gasteiger partial charge >= 0.3 is 6.03 Å². The van der Waals surface area contributed by atoms with Crippen molar-refractivity contribution in [1.29, 1.82) is 0 Å². The van der Waals surface area contributed by atoms with E-state index in [-0.39, 0.29) is 17.7 Å². The van der Waals surface area contributed by atoms with E-state index < -0.39 is 23.0 Å². The van der Waals surface area contributed by atoms with E-state index in [4.69, 9.17) is 5.73 Å². The number of amides is 3. The molecular weight excluding hydrogens is 418 g/mol. The number of rotatable bonds is 4. The number of hydrogen-bond donors (Lipinski definition) is 4. The molecule has 7 heteroatoms. The van der Waals surface area contributed by atoms with Crippen molar-refractivity contribution in [2.75, 3.05) is 13.1 Å². The molecule has 1 heterocycles. The zero-order valence-electron chi connectivity index (χ0n) is 20.0. The molecule has 1 aromatic carbocycles. The molecule has 2 saturated carbocycles. The number of nitrogens with one attached hydrogen (secondary N) is 1. The Morgan fingerprint density at radius 2 is 1.91 bits per heavy atom. The van der Waals surface area contributed by atoms with Crippen molar-refractivity contribution in [2.45, 2.75) is 88.7 Å². The van der Waals surface area contributed by atoms with E-state index in [1.807, 2.05) is 13.0 Å². The monoisotopic (exact) mass is 457 g/mol. The van der Waals surface area contributed by atoms with E-state index in [1.54, 1.807) is 12.1 Å². The molecule has 3 amide bonds. The van der Waals surface area contributed by atoms with Gasteiger partial charge in [-0.2, -0.15) is 0 Å². The molecule has 1 saturated heterocycles. The summed E-state index contributed by atoms with van der Waals surface area (Å²) in [4.78, 5) is 26.6. The minimum absolute atomic E-state index is 0.0740. The quantitative estimate of drug-likeness (QED) is 0.553. The van der Waals surface area contributed by atoms with Crippen LogP contribution >= 0.6 is 0 Å². The van der Waals surface area contributed by atoms with Crippen LogP contribution in [0.1, 0.15) is 75.8 Å². The first kappa shape index (κ1) is 24.0. The SMILES string of the molecule is Cc1ccc(O)cc1C12CCN(CC3CCCCC3)C(C)C1(O)CCC(C(=O)NC(N)=O)C2. The minimum atomic E-state index is -1.04. The van der Waals surface area contributed by atoms with E-state index in [9.17, 15) is 19.8 Å². The molecular formula is C26H39N3O4. The number of aromatic hydroxyl groups is 1. The number of piperidine rings is 1. The number of carbonyl (C=O) groups is 2. The fraction of sp³-hybridized carbons (Fsp3) is 0.692. The smallest absolute Gasteiger partial charge is 0.318 e. The average molecular weight is 458 g/mol. The van der Waals surface area contributed by atoms with Crippen LogP contribution in [0.15, 0.2) is 18.2 Å². The summed E-state index contributed by atoms with van der Waals surface area (Å²) in [6.45, 7) is 5.96. The van der Waals surface area contributed by atoms with Crippen LogP contribution in [-0.2, 0) is 10.2 Å². The van der Waals surface area contributed by atoms with Gasteiger partial charge in [-0.15, -0.1) is 0 Å². The Bertz CT molecular complexity index is 900. The number of nitrogens with zero attached hydrogens (tertiary/aromatic N) is 1. The Morgan fingerprint density at radius 3 is 2.61 bits per heavy atom. The minimum Gasteiger partial charge on any atom is -0.508 e. The molecule has 7 nitrogen and oxygen atoms in total. The van der Waals surface area contributed by atoms with Crippen molar-refractivity contribution in [3.05, 3.63) is 29.3 Å². The van der Waals surface area contributed by atoms with Crippen molar-refractivity contribution in [1.82, 2.24) is 10.2 Å². The fourth-order valence-corrected chi connectivity index (χ4v) is 7.09. The maximum absolute atomic E-state index is 12.8. The summed E-state index contributed by atoms with van der Waals surface area (Å²) in [5, 5.41) is 25.0. The Balaban J connectivity index is 1.69.